The Morgan fingerprint density at radius 2 is 1.88 bits per heavy atom. The first-order valence-electron chi connectivity index (χ1n) is 6.00. The Balaban J connectivity index is 2.51. The first-order chi connectivity index (χ1) is 7.97. The van der Waals surface area contributed by atoms with Crippen molar-refractivity contribution in [2.45, 2.75) is 46.4 Å². The number of aliphatic hydroxyl groups is 2. The van der Waals surface area contributed by atoms with Gasteiger partial charge in [0.1, 0.15) is 18.1 Å². The van der Waals surface area contributed by atoms with E-state index < -0.39 is 0 Å². The Labute approximate surface area is 103 Å². The fraction of sp³-hybridized carbons (Fsp3) is 0.692. The van der Waals surface area contributed by atoms with Crippen molar-refractivity contribution in [2.24, 2.45) is 5.41 Å². The van der Waals surface area contributed by atoms with Crippen LogP contribution in [0.2, 0.25) is 0 Å². The maximum atomic E-state index is 9.04. The monoisotopic (exact) mass is 241 g/mol. The van der Waals surface area contributed by atoms with E-state index in [0.29, 0.717) is 12.3 Å². The van der Waals surface area contributed by atoms with Crippen molar-refractivity contribution < 1.29 is 14.6 Å². The summed E-state index contributed by atoms with van der Waals surface area (Å²) in [6, 6.07) is 3.86. The predicted octanol–water partition coefficient (Wildman–Crippen LogP) is 1.66. The average Bonchev–Trinajstić information content (AvgIpc) is 2.70. The van der Waals surface area contributed by atoms with Gasteiger partial charge in [-0.25, -0.2) is 0 Å². The van der Waals surface area contributed by atoms with Crippen molar-refractivity contribution in [3.8, 4) is 0 Å². The lowest BCUT2D eigenvalue weighted by atomic mass is 9.85. The summed E-state index contributed by atoms with van der Waals surface area (Å²) in [6.07, 6.45) is 0.719. The number of furan rings is 1. The highest BCUT2D eigenvalue weighted by Gasteiger charge is 2.23. The van der Waals surface area contributed by atoms with Crippen molar-refractivity contribution >= 4 is 0 Å². The molecule has 0 aliphatic rings. The number of hydrogen-bond donors (Lipinski definition) is 3. The van der Waals surface area contributed by atoms with Gasteiger partial charge < -0.3 is 19.9 Å². The van der Waals surface area contributed by atoms with Gasteiger partial charge in [-0.3, -0.25) is 0 Å². The van der Waals surface area contributed by atoms with E-state index in [4.69, 9.17) is 14.6 Å². The summed E-state index contributed by atoms with van der Waals surface area (Å²) in [5.74, 6) is 1.39. The van der Waals surface area contributed by atoms with E-state index in [9.17, 15) is 0 Å². The van der Waals surface area contributed by atoms with Crippen LogP contribution in [0.5, 0.6) is 0 Å². The third-order valence-electron chi connectivity index (χ3n) is 2.86. The zero-order valence-electron chi connectivity index (χ0n) is 10.9. The van der Waals surface area contributed by atoms with Crippen LogP contribution >= 0.6 is 0 Å². The van der Waals surface area contributed by atoms with E-state index in [0.717, 1.165) is 12.2 Å². The molecule has 98 valence electrons. The first kappa shape index (κ1) is 14.2. The predicted molar refractivity (Wildman–Crippen MR) is 66.4 cm³/mol. The molecule has 0 aliphatic carbocycles. The highest BCUT2D eigenvalue weighted by atomic mass is 16.4. The number of rotatable bonds is 6. The van der Waals surface area contributed by atoms with Gasteiger partial charge in [-0.2, -0.15) is 0 Å². The largest absolute Gasteiger partial charge is 0.462 e. The first-order valence-corrected chi connectivity index (χ1v) is 6.00. The Bertz CT molecular complexity index is 328. The molecule has 0 radical (unpaired) electrons. The van der Waals surface area contributed by atoms with E-state index in [1.807, 2.05) is 6.07 Å². The van der Waals surface area contributed by atoms with Crippen LogP contribution in [0.4, 0.5) is 0 Å². The fourth-order valence-corrected chi connectivity index (χ4v) is 1.80. The van der Waals surface area contributed by atoms with Crippen LogP contribution in [-0.2, 0) is 13.2 Å². The van der Waals surface area contributed by atoms with Crippen LogP contribution in [0.25, 0.3) is 0 Å². The smallest absolute Gasteiger partial charge is 0.129 e. The second-order valence-electron chi connectivity index (χ2n) is 5.34. The van der Waals surface area contributed by atoms with Gasteiger partial charge in [-0.05, 0) is 24.0 Å². The standard InChI is InChI=1S/C13H23NO3/c1-13(2,3)12(6-7-15)14-8-10-4-5-11(9-16)17-10/h4-5,12,14-16H,6-9H2,1-3H3. The molecule has 1 atom stereocenters. The quantitative estimate of drug-likeness (QED) is 0.708. The minimum absolute atomic E-state index is 0.0701. The van der Waals surface area contributed by atoms with E-state index in [1.165, 1.54) is 0 Å². The van der Waals surface area contributed by atoms with Gasteiger partial charge in [0.2, 0.25) is 0 Å². The molecule has 4 nitrogen and oxygen atoms in total. The zero-order chi connectivity index (χ0) is 12.9. The molecule has 3 N–H and O–H groups in total. The average molecular weight is 241 g/mol. The molecular formula is C13H23NO3. The Kier molecular flexibility index (Phi) is 5.18. The van der Waals surface area contributed by atoms with Crippen LogP contribution in [0.3, 0.4) is 0 Å². The molecule has 1 rings (SSSR count). The topological polar surface area (TPSA) is 65.6 Å². The normalized spacial score (nSPS) is 13.9. The molecular weight excluding hydrogens is 218 g/mol. The molecule has 0 bridgehead atoms. The van der Waals surface area contributed by atoms with Crippen molar-refractivity contribution in [1.82, 2.24) is 5.32 Å². The van der Waals surface area contributed by atoms with Crippen LogP contribution < -0.4 is 5.32 Å². The maximum Gasteiger partial charge on any atom is 0.129 e. The van der Waals surface area contributed by atoms with Gasteiger partial charge in [0.15, 0.2) is 0 Å². The van der Waals surface area contributed by atoms with Gasteiger partial charge >= 0.3 is 0 Å². The molecule has 17 heavy (non-hydrogen) atoms. The highest BCUT2D eigenvalue weighted by Crippen LogP contribution is 2.22. The molecule has 1 aromatic heterocycles. The zero-order valence-corrected chi connectivity index (χ0v) is 10.9. The van der Waals surface area contributed by atoms with E-state index in [1.54, 1.807) is 6.07 Å². The summed E-state index contributed by atoms with van der Waals surface area (Å²) in [7, 11) is 0. The lowest BCUT2D eigenvalue weighted by Crippen LogP contribution is -2.40. The van der Waals surface area contributed by atoms with Crippen LogP contribution in [0.1, 0.15) is 38.7 Å². The number of aliphatic hydroxyl groups excluding tert-OH is 2. The summed E-state index contributed by atoms with van der Waals surface area (Å²) >= 11 is 0. The third kappa shape index (κ3) is 4.50. The number of hydrogen-bond acceptors (Lipinski definition) is 4. The lowest BCUT2D eigenvalue weighted by molar-refractivity contribution is 0.192. The Morgan fingerprint density at radius 1 is 1.24 bits per heavy atom. The van der Waals surface area contributed by atoms with Gasteiger partial charge in [0.05, 0.1) is 6.54 Å². The third-order valence-corrected chi connectivity index (χ3v) is 2.86. The summed E-state index contributed by atoms with van der Waals surface area (Å²) in [4.78, 5) is 0. The van der Waals surface area contributed by atoms with Gasteiger partial charge in [-0.1, -0.05) is 20.8 Å². The summed E-state index contributed by atoms with van der Waals surface area (Å²) in [5.41, 5.74) is 0.0924. The minimum Gasteiger partial charge on any atom is -0.462 e. The maximum absolute atomic E-state index is 9.04. The van der Waals surface area contributed by atoms with E-state index in [2.05, 4.69) is 26.1 Å². The molecule has 0 saturated carbocycles. The highest BCUT2D eigenvalue weighted by molar-refractivity contribution is 5.06. The fourth-order valence-electron chi connectivity index (χ4n) is 1.80. The van der Waals surface area contributed by atoms with Gasteiger partial charge in [0, 0.05) is 12.6 Å². The molecule has 0 saturated heterocycles. The van der Waals surface area contributed by atoms with Gasteiger partial charge in [-0.15, -0.1) is 0 Å². The van der Waals surface area contributed by atoms with Crippen molar-refractivity contribution in [2.75, 3.05) is 6.61 Å². The SMILES string of the molecule is CC(C)(C)C(CCO)NCc1ccc(CO)o1. The van der Waals surface area contributed by atoms with E-state index >= 15 is 0 Å². The van der Waals surface area contributed by atoms with E-state index in [-0.39, 0.29) is 24.7 Å². The van der Waals surface area contributed by atoms with Crippen LogP contribution in [-0.4, -0.2) is 22.9 Å². The molecule has 0 aliphatic heterocycles. The molecule has 0 fully saturated rings. The lowest BCUT2D eigenvalue weighted by Gasteiger charge is -2.31. The van der Waals surface area contributed by atoms with Crippen LogP contribution in [0, 0.1) is 5.41 Å². The van der Waals surface area contributed by atoms with Gasteiger partial charge in [0.25, 0.3) is 0 Å². The summed E-state index contributed by atoms with van der Waals surface area (Å²) in [5, 5.41) is 21.3. The van der Waals surface area contributed by atoms with Crippen molar-refractivity contribution in [1.29, 1.82) is 0 Å². The molecule has 4 heteroatoms. The molecule has 0 amide bonds. The second kappa shape index (κ2) is 6.19. The Morgan fingerprint density at radius 3 is 2.35 bits per heavy atom. The molecule has 0 spiro atoms. The van der Waals surface area contributed by atoms with Crippen molar-refractivity contribution in [3.63, 3.8) is 0 Å². The molecule has 1 unspecified atom stereocenters. The summed E-state index contributed by atoms with van der Waals surface area (Å²) in [6.45, 7) is 7.14. The second-order valence-corrected chi connectivity index (χ2v) is 5.34. The molecule has 1 aromatic rings. The molecule has 1 heterocycles. The summed E-state index contributed by atoms with van der Waals surface area (Å²) < 4.78 is 5.40. The Hall–Kier alpha value is -0.840. The van der Waals surface area contributed by atoms with Crippen LogP contribution in [0.15, 0.2) is 16.5 Å². The number of nitrogens with one attached hydrogen (secondary N) is 1. The minimum atomic E-state index is -0.0701. The molecule has 0 aromatic carbocycles. The van der Waals surface area contributed by atoms with Crippen molar-refractivity contribution in [3.05, 3.63) is 23.7 Å².